The molecule has 3 rings (SSSR count). The van der Waals surface area contributed by atoms with Gasteiger partial charge in [-0.05, 0) is 43.7 Å². The lowest BCUT2D eigenvalue weighted by atomic mass is 10.1. The topological polar surface area (TPSA) is 69.0 Å². The van der Waals surface area contributed by atoms with E-state index in [0.717, 1.165) is 32.2 Å². The van der Waals surface area contributed by atoms with E-state index >= 15 is 0 Å². The number of nitrogens with one attached hydrogen (secondary N) is 1. The Morgan fingerprint density at radius 2 is 1.59 bits per heavy atom. The maximum Gasteiger partial charge on any atom is 0.321 e. The highest BCUT2D eigenvalue weighted by atomic mass is 31.2. The van der Waals surface area contributed by atoms with Crippen LogP contribution >= 0.6 is 7.52 Å². The Kier molecular flexibility index (Phi) is 8.17. The Labute approximate surface area is 172 Å². The van der Waals surface area contributed by atoms with Crippen LogP contribution in [0, 0.1) is 0 Å². The van der Waals surface area contributed by atoms with Crippen molar-refractivity contribution in [2.45, 2.75) is 39.2 Å². The Morgan fingerprint density at radius 1 is 0.966 bits per heavy atom. The zero-order chi connectivity index (χ0) is 20.4. The number of benzene rings is 2. The van der Waals surface area contributed by atoms with Crippen molar-refractivity contribution in [3.8, 4) is 0 Å². The van der Waals surface area contributed by atoms with Crippen molar-refractivity contribution in [1.29, 1.82) is 0 Å². The van der Waals surface area contributed by atoms with Gasteiger partial charge in [0.2, 0.25) is 0 Å². The normalized spacial score (nSPS) is 13.3. The highest BCUT2D eigenvalue weighted by Crippen LogP contribution is 2.39. The Hall–Kier alpha value is -2.27. The van der Waals surface area contributed by atoms with E-state index in [2.05, 4.69) is 39.7 Å². The predicted octanol–water partition coefficient (Wildman–Crippen LogP) is 3.99. The lowest BCUT2D eigenvalue weighted by Crippen LogP contribution is -2.24. The average Bonchev–Trinajstić information content (AvgIpc) is 3.23. The minimum Gasteiger partial charge on any atom is -0.313 e. The molecule has 0 aliphatic rings. The van der Waals surface area contributed by atoms with Crippen LogP contribution < -0.4 is 10.5 Å². The fraction of sp³-hybridized carbons (Fsp3) is 0.364. The largest absolute Gasteiger partial charge is 0.321 e. The number of hydrogen-bond acceptors (Lipinski definition) is 4. The van der Waals surface area contributed by atoms with Crippen LogP contribution in [0.25, 0.3) is 0 Å². The maximum atomic E-state index is 13.3. The van der Waals surface area contributed by atoms with Crippen molar-refractivity contribution >= 4 is 13.0 Å². The molecule has 0 radical (unpaired) electrons. The first-order chi connectivity index (χ1) is 14.2. The molecular weight excluding hydrogens is 383 g/mol. The Bertz CT molecular complexity index is 899. The molecule has 0 bridgehead atoms. The van der Waals surface area contributed by atoms with Gasteiger partial charge in [0.25, 0.3) is 0 Å². The van der Waals surface area contributed by atoms with Gasteiger partial charge in [0.1, 0.15) is 0 Å². The summed E-state index contributed by atoms with van der Waals surface area (Å²) in [5.74, 6) is 0. The molecule has 1 N–H and O–H groups in total. The third-order valence-electron chi connectivity index (χ3n) is 4.64. The van der Waals surface area contributed by atoms with E-state index in [0.29, 0.717) is 18.6 Å². The summed E-state index contributed by atoms with van der Waals surface area (Å²) in [6, 6.07) is 20.6. The summed E-state index contributed by atoms with van der Waals surface area (Å²) in [7, 11) is -3.21. The second-order valence-electron chi connectivity index (χ2n) is 6.90. The average molecular weight is 412 g/mol. The minimum absolute atomic E-state index is 0.351. The summed E-state index contributed by atoms with van der Waals surface area (Å²) >= 11 is 0. The van der Waals surface area contributed by atoms with Crippen LogP contribution in [0.5, 0.6) is 0 Å². The summed E-state index contributed by atoms with van der Waals surface area (Å²) in [4.78, 5) is 0. The molecule has 0 aliphatic carbocycles. The van der Waals surface area contributed by atoms with Crippen molar-refractivity contribution in [3.05, 3.63) is 78.0 Å². The van der Waals surface area contributed by atoms with Gasteiger partial charge in [0, 0.05) is 13.1 Å². The molecule has 154 valence electrons. The summed E-state index contributed by atoms with van der Waals surface area (Å²) in [6.07, 6.45) is 5.44. The van der Waals surface area contributed by atoms with Gasteiger partial charge in [-0.15, -0.1) is 5.10 Å². The van der Waals surface area contributed by atoms with Crippen LogP contribution in [0.15, 0.2) is 66.9 Å². The molecule has 6 nitrogen and oxygen atoms in total. The molecule has 2 aromatic carbocycles. The SMILES string of the molecule is CCOP(=O)(NCCCc1ccccc1)c1cn(CCCc2ccccc2)nn1. The maximum absolute atomic E-state index is 13.3. The second-order valence-corrected chi connectivity index (χ2v) is 9.03. The van der Waals surface area contributed by atoms with Crippen molar-refractivity contribution in [1.82, 2.24) is 20.1 Å². The van der Waals surface area contributed by atoms with Crippen LogP contribution in [-0.2, 0) is 28.5 Å². The van der Waals surface area contributed by atoms with Gasteiger partial charge in [-0.25, -0.2) is 5.09 Å². The monoisotopic (exact) mass is 412 g/mol. The molecule has 0 spiro atoms. The molecule has 0 aliphatic heterocycles. The number of hydrogen-bond donors (Lipinski definition) is 1. The molecule has 3 aromatic rings. The first-order valence-corrected chi connectivity index (χ1v) is 11.8. The fourth-order valence-electron chi connectivity index (χ4n) is 3.16. The van der Waals surface area contributed by atoms with E-state index in [-0.39, 0.29) is 0 Å². The summed E-state index contributed by atoms with van der Waals surface area (Å²) in [5, 5.41) is 11.4. The third kappa shape index (κ3) is 6.64. The third-order valence-corrected chi connectivity index (χ3v) is 6.71. The lowest BCUT2D eigenvalue weighted by molar-refractivity contribution is 0.331. The van der Waals surface area contributed by atoms with Crippen molar-refractivity contribution in [2.24, 2.45) is 0 Å². The first kappa shape index (κ1) is 21.4. The van der Waals surface area contributed by atoms with E-state index in [4.69, 9.17) is 4.52 Å². The van der Waals surface area contributed by atoms with E-state index < -0.39 is 7.52 Å². The molecule has 1 atom stereocenters. The predicted molar refractivity (Wildman–Crippen MR) is 116 cm³/mol. The molecule has 1 heterocycles. The van der Waals surface area contributed by atoms with Gasteiger partial charge in [-0.1, -0.05) is 65.9 Å². The van der Waals surface area contributed by atoms with Crippen LogP contribution in [-0.4, -0.2) is 28.1 Å². The first-order valence-electron chi connectivity index (χ1n) is 10.2. The van der Waals surface area contributed by atoms with Crippen molar-refractivity contribution < 1.29 is 9.09 Å². The summed E-state index contributed by atoms with van der Waals surface area (Å²) in [5.41, 5.74) is 2.96. The van der Waals surface area contributed by atoms with Crippen LogP contribution in [0.1, 0.15) is 30.9 Å². The molecule has 29 heavy (non-hydrogen) atoms. The lowest BCUT2D eigenvalue weighted by Gasteiger charge is -2.16. The fourth-order valence-corrected chi connectivity index (χ4v) is 4.80. The standard InChI is InChI=1S/C22H29N4O2P/c1-2-28-29(27,23-17-9-15-20-11-5-3-6-12-20)22-19-26(25-24-22)18-10-16-21-13-7-4-8-14-21/h3-8,11-14,19H,2,9-10,15-18H2,1H3,(H,23,27). The zero-order valence-electron chi connectivity index (χ0n) is 16.9. The van der Waals surface area contributed by atoms with Crippen LogP contribution in [0.4, 0.5) is 0 Å². The molecular formula is C22H29N4O2P. The van der Waals surface area contributed by atoms with Gasteiger partial charge in [0.15, 0.2) is 5.44 Å². The Balaban J connectivity index is 1.51. The summed E-state index contributed by atoms with van der Waals surface area (Å²) < 4.78 is 20.6. The van der Waals surface area contributed by atoms with Gasteiger partial charge in [0.05, 0.1) is 12.8 Å². The molecule has 0 saturated heterocycles. The van der Waals surface area contributed by atoms with Crippen molar-refractivity contribution in [3.63, 3.8) is 0 Å². The molecule has 1 aromatic heterocycles. The van der Waals surface area contributed by atoms with Gasteiger partial charge >= 0.3 is 7.52 Å². The van der Waals surface area contributed by atoms with E-state index in [1.165, 1.54) is 11.1 Å². The van der Waals surface area contributed by atoms with Crippen LogP contribution in [0.3, 0.4) is 0 Å². The van der Waals surface area contributed by atoms with Gasteiger partial charge in [-0.3, -0.25) is 9.25 Å². The number of aromatic nitrogens is 3. The zero-order valence-corrected chi connectivity index (χ0v) is 17.8. The number of nitrogens with zero attached hydrogens (tertiary/aromatic N) is 3. The quantitative estimate of drug-likeness (QED) is 0.360. The highest BCUT2D eigenvalue weighted by molar-refractivity contribution is 7.64. The molecule has 0 fully saturated rings. The molecule has 1 unspecified atom stereocenters. The van der Waals surface area contributed by atoms with E-state index in [1.54, 1.807) is 10.9 Å². The second kappa shape index (κ2) is 11.1. The van der Waals surface area contributed by atoms with Crippen LogP contribution in [0.2, 0.25) is 0 Å². The Morgan fingerprint density at radius 3 is 2.21 bits per heavy atom. The van der Waals surface area contributed by atoms with E-state index in [1.807, 2.05) is 43.3 Å². The molecule has 0 saturated carbocycles. The minimum atomic E-state index is -3.21. The highest BCUT2D eigenvalue weighted by Gasteiger charge is 2.28. The molecule has 0 amide bonds. The van der Waals surface area contributed by atoms with E-state index in [9.17, 15) is 4.57 Å². The number of rotatable bonds is 12. The smallest absolute Gasteiger partial charge is 0.313 e. The number of aryl methyl sites for hydroxylation is 3. The molecule has 7 heteroatoms. The summed E-state index contributed by atoms with van der Waals surface area (Å²) in [6.45, 7) is 3.50. The van der Waals surface area contributed by atoms with Gasteiger partial charge in [-0.2, -0.15) is 0 Å². The van der Waals surface area contributed by atoms with Gasteiger partial charge < -0.3 is 4.52 Å². The van der Waals surface area contributed by atoms with Crippen molar-refractivity contribution in [2.75, 3.05) is 13.2 Å².